The van der Waals surface area contributed by atoms with Crippen molar-refractivity contribution in [1.29, 1.82) is 0 Å². The summed E-state index contributed by atoms with van der Waals surface area (Å²) in [4.78, 5) is 5.79. The summed E-state index contributed by atoms with van der Waals surface area (Å²) in [6.45, 7) is 15.7. The molecule has 4 heterocycles. The van der Waals surface area contributed by atoms with E-state index in [1.165, 1.54) is 84.9 Å². The van der Waals surface area contributed by atoms with E-state index in [-0.39, 0.29) is 21.9 Å². The summed E-state index contributed by atoms with van der Waals surface area (Å²) >= 11 is 0. The van der Waals surface area contributed by atoms with Crippen molar-refractivity contribution < 1.29 is 0 Å². The highest BCUT2D eigenvalue weighted by atomic mass is 15.3. The molecule has 43 heavy (non-hydrogen) atoms. The molecule has 3 aromatic carbocycles. The van der Waals surface area contributed by atoms with E-state index >= 15 is 0 Å². The molecule has 0 spiro atoms. The SMILES string of the molecule is CC1(C)c2cccc3c2N(c2ccc4c5c2B3c2ccccc2N5C2(C)C3CCCCC3C3CCCCC3C42C)C1(C)C. The van der Waals surface area contributed by atoms with Gasteiger partial charge >= 0.3 is 0 Å². The highest BCUT2D eigenvalue weighted by Gasteiger charge is 2.71. The highest BCUT2D eigenvalue weighted by molar-refractivity contribution is 7.00. The van der Waals surface area contributed by atoms with E-state index in [4.69, 9.17) is 0 Å². The summed E-state index contributed by atoms with van der Waals surface area (Å²) in [6.07, 6.45) is 11.4. The zero-order valence-electron chi connectivity index (χ0n) is 27.1. The van der Waals surface area contributed by atoms with Crippen LogP contribution in [0.5, 0.6) is 0 Å². The number of hydrogen-bond acceptors (Lipinski definition) is 2. The van der Waals surface area contributed by atoms with Crippen molar-refractivity contribution in [3.05, 3.63) is 65.7 Å². The minimum absolute atomic E-state index is 0.0228. The summed E-state index contributed by atoms with van der Waals surface area (Å²) in [6, 6.07) is 22.1. The minimum atomic E-state index is -0.0228. The van der Waals surface area contributed by atoms with Crippen molar-refractivity contribution in [2.45, 2.75) is 115 Å². The third-order valence-electron chi connectivity index (χ3n) is 15.5. The number of para-hydroxylation sites is 2. The monoisotopic (exact) mass is 566 g/mol. The van der Waals surface area contributed by atoms with Crippen LogP contribution >= 0.6 is 0 Å². The molecule has 2 nitrogen and oxygen atoms in total. The average molecular weight is 567 g/mol. The number of benzene rings is 3. The Labute approximate surface area is 259 Å². The summed E-state index contributed by atoms with van der Waals surface area (Å²) < 4.78 is 0. The first-order valence-electron chi connectivity index (χ1n) is 17.7. The lowest BCUT2D eigenvalue weighted by molar-refractivity contribution is -0.0768. The van der Waals surface area contributed by atoms with E-state index in [0.29, 0.717) is 6.71 Å². The zero-order chi connectivity index (χ0) is 29.3. The molecule has 4 aliphatic heterocycles. The molecule has 3 aliphatic carbocycles. The van der Waals surface area contributed by atoms with Gasteiger partial charge in [0.15, 0.2) is 0 Å². The third-order valence-corrected chi connectivity index (χ3v) is 15.5. The Balaban J connectivity index is 1.33. The van der Waals surface area contributed by atoms with Crippen molar-refractivity contribution in [1.82, 2.24) is 0 Å². The molecule has 10 rings (SSSR count). The number of hydrogen-bond donors (Lipinski definition) is 0. The molecule has 6 unspecified atom stereocenters. The summed E-state index contributed by atoms with van der Waals surface area (Å²) in [5.74, 6) is 3.31. The van der Waals surface area contributed by atoms with Gasteiger partial charge in [0.1, 0.15) is 0 Å². The maximum absolute atomic E-state index is 3.00. The van der Waals surface area contributed by atoms with Gasteiger partial charge in [0.2, 0.25) is 0 Å². The molecule has 3 aromatic rings. The van der Waals surface area contributed by atoms with Crippen molar-refractivity contribution in [2.75, 3.05) is 9.80 Å². The van der Waals surface area contributed by atoms with Crippen molar-refractivity contribution in [2.24, 2.45) is 23.7 Å². The zero-order valence-corrected chi connectivity index (χ0v) is 27.1. The van der Waals surface area contributed by atoms with Crippen LogP contribution in [0.2, 0.25) is 0 Å². The Bertz CT molecular complexity index is 1740. The van der Waals surface area contributed by atoms with Gasteiger partial charge in [-0.2, -0.15) is 0 Å². The molecule has 0 bridgehead atoms. The molecular weight excluding hydrogens is 519 g/mol. The summed E-state index contributed by atoms with van der Waals surface area (Å²) in [5.41, 5.74) is 14.2. The molecule has 7 aliphatic rings. The average Bonchev–Trinajstić information content (AvgIpc) is 3.34. The summed E-state index contributed by atoms with van der Waals surface area (Å²) in [7, 11) is 0. The van der Waals surface area contributed by atoms with Crippen molar-refractivity contribution in [3.8, 4) is 0 Å². The van der Waals surface area contributed by atoms with Crippen molar-refractivity contribution >= 4 is 45.9 Å². The van der Waals surface area contributed by atoms with Crippen LogP contribution in [0.4, 0.5) is 22.7 Å². The van der Waals surface area contributed by atoms with E-state index in [9.17, 15) is 0 Å². The molecule has 3 saturated carbocycles. The fraction of sp³-hybridized carbons (Fsp3) is 0.550. The fourth-order valence-corrected chi connectivity index (χ4v) is 13.0. The van der Waals surface area contributed by atoms with Crippen LogP contribution in [0.15, 0.2) is 54.6 Å². The molecule has 0 amide bonds. The largest absolute Gasteiger partial charge is 0.336 e. The van der Waals surface area contributed by atoms with Gasteiger partial charge in [-0.25, -0.2) is 0 Å². The lowest BCUT2D eigenvalue weighted by atomic mass is 9.33. The lowest BCUT2D eigenvalue weighted by Crippen LogP contribution is -2.71. The van der Waals surface area contributed by atoms with Gasteiger partial charge in [-0.1, -0.05) is 88.9 Å². The predicted molar refractivity (Wildman–Crippen MR) is 182 cm³/mol. The van der Waals surface area contributed by atoms with Crippen LogP contribution in [-0.4, -0.2) is 17.8 Å². The smallest absolute Gasteiger partial charge is 0.252 e. The Morgan fingerprint density at radius 1 is 0.605 bits per heavy atom. The first-order chi connectivity index (χ1) is 20.6. The van der Waals surface area contributed by atoms with Crippen LogP contribution in [0, 0.1) is 23.7 Å². The summed E-state index contributed by atoms with van der Waals surface area (Å²) in [5, 5.41) is 0. The number of rotatable bonds is 0. The quantitative estimate of drug-likeness (QED) is 0.256. The van der Waals surface area contributed by atoms with E-state index in [2.05, 4.69) is 106 Å². The van der Waals surface area contributed by atoms with Crippen LogP contribution in [0.3, 0.4) is 0 Å². The molecule has 220 valence electrons. The minimum Gasteiger partial charge on any atom is -0.336 e. The van der Waals surface area contributed by atoms with Gasteiger partial charge in [0.25, 0.3) is 6.71 Å². The fourth-order valence-electron chi connectivity index (χ4n) is 13.0. The Morgan fingerprint density at radius 3 is 2.07 bits per heavy atom. The highest BCUT2D eigenvalue weighted by Crippen LogP contribution is 2.71. The van der Waals surface area contributed by atoms with Gasteiger partial charge in [0, 0.05) is 39.1 Å². The normalized spacial score (nSPS) is 36.3. The van der Waals surface area contributed by atoms with Crippen molar-refractivity contribution in [3.63, 3.8) is 0 Å². The Hall–Kier alpha value is -2.68. The second-order valence-corrected chi connectivity index (χ2v) is 16.9. The molecule has 0 N–H and O–H groups in total. The topological polar surface area (TPSA) is 6.48 Å². The Kier molecular flexibility index (Phi) is 4.62. The van der Waals surface area contributed by atoms with E-state index in [1.807, 2.05) is 0 Å². The number of fused-ring (bicyclic) bond motifs is 13. The predicted octanol–water partition coefficient (Wildman–Crippen LogP) is 7.83. The lowest BCUT2D eigenvalue weighted by Gasteiger charge is -2.66. The molecular formula is C40H47BN2. The van der Waals surface area contributed by atoms with Crippen LogP contribution in [0.25, 0.3) is 0 Å². The van der Waals surface area contributed by atoms with E-state index in [0.717, 1.165) is 23.7 Å². The molecule has 3 fully saturated rings. The molecule has 3 heteroatoms. The first-order valence-corrected chi connectivity index (χ1v) is 17.7. The maximum atomic E-state index is 3.00. The van der Waals surface area contributed by atoms with Gasteiger partial charge < -0.3 is 9.80 Å². The third kappa shape index (κ3) is 2.52. The van der Waals surface area contributed by atoms with Crippen LogP contribution in [-0.2, 0) is 10.8 Å². The maximum Gasteiger partial charge on any atom is 0.252 e. The van der Waals surface area contributed by atoms with Gasteiger partial charge in [-0.3, -0.25) is 0 Å². The van der Waals surface area contributed by atoms with Crippen LogP contribution in [0.1, 0.15) is 104 Å². The number of anilines is 4. The van der Waals surface area contributed by atoms with Crippen LogP contribution < -0.4 is 26.2 Å². The van der Waals surface area contributed by atoms with E-state index < -0.39 is 0 Å². The molecule has 6 atom stereocenters. The first kappa shape index (κ1) is 25.6. The van der Waals surface area contributed by atoms with Gasteiger partial charge in [0.05, 0.1) is 5.54 Å². The molecule has 0 aromatic heterocycles. The Morgan fingerprint density at radius 2 is 1.28 bits per heavy atom. The standard InChI is InChI=1S/C40H47BN2/c1-37(2)28-18-13-20-31-35(28)42(38(37,3)4)33-23-22-29-36-34(33)41(31)30-19-11-12-21-32(30)43(36)40(6)27-17-10-8-15-25(27)24-14-7-9-16-26(24)39(29,40)5/h11-13,18-27H,7-10,14-17H2,1-6H3. The van der Waals surface area contributed by atoms with Gasteiger partial charge in [-0.15, -0.1) is 0 Å². The van der Waals surface area contributed by atoms with Gasteiger partial charge in [-0.05, 0) is 110 Å². The molecule has 0 saturated heterocycles. The van der Waals surface area contributed by atoms with E-state index in [1.54, 1.807) is 16.7 Å². The second-order valence-electron chi connectivity index (χ2n) is 16.9. The number of nitrogens with zero attached hydrogens (tertiary/aromatic N) is 2. The molecule has 0 radical (unpaired) electrons. The second kappa shape index (κ2) is 7.75.